The second-order valence-electron chi connectivity index (χ2n) is 0.217. The molecule has 1 atom stereocenters. The number of hydrogen-bond donors (Lipinski definition) is 1. The van der Waals surface area contributed by atoms with Gasteiger partial charge in [0.05, 0.1) is 11.4 Å². The van der Waals surface area contributed by atoms with Crippen molar-refractivity contribution < 1.29 is 44.4 Å². The third-order valence-corrected chi connectivity index (χ3v) is 0. The summed E-state index contributed by atoms with van der Waals surface area (Å²) < 4.78 is 24.1. The third kappa shape index (κ3) is 69.1. The first kappa shape index (κ1) is 15.7. The van der Waals surface area contributed by atoms with Crippen molar-refractivity contribution in [1.82, 2.24) is 0 Å². The maximum absolute atomic E-state index is 8.56. The molecule has 0 heterocycles. The molecule has 0 aromatic carbocycles. The standard InChI is InChI=1S/CH3.H2O3S.U/c;1-4(2)3;/h1H3;(H2,1,2,3);/q-1;;+2/p-1. The van der Waals surface area contributed by atoms with Gasteiger partial charge in [-0.3, -0.25) is 0 Å². The summed E-state index contributed by atoms with van der Waals surface area (Å²) in [6.07, 6.45) is 0. The molecule has 0 aliphatic heterocycles. The zero-order valence-electron chi connectivity index (χ0n) is 3.17. The van der Waals surface area contributed by atoms with Gasteiger partial charge in [0.1, 0.15) is 0 Å². The summed E-state index contributed by atoms with van der Waals surface area (Å²) in [4.78, 5) is 0. The molecule has 1 unspecified atom stereocenters. The van der Waals surface area contributed by atoms with Gasteiger partial charge in [-0.2, -0.15) is 0 Å². The van der Waals surface area contributed by atoms with Gasteiger partial charge in [-0.15, -0.1) is 0 Å². The van der Waals surface area contributed by atoms with Crippen LogP contribution in [0, 0.1) is 38.5 Å². The Kier molecular flexibility index (Phi) is 24.8. The van der Waals surface area contributed by atoms with E-state index in [1.54, 1.807) is 0 Å². The van der Waals surface area contributed by atoms with Gasteiger partial charge in [-0.1, -0.05) is 0 Å². The van der Waals surface area contributed by atoms with E-state index >= 15 is 0 Å². The van der Waals surface area contributed by atoms with Gasteiger partial charge in [0.15, 0.2) is 0 Å². The maximum atomic E-state index is 8.56. The molecule has 0 saturated heterocycles. The zero-order chi connectivity index (χ0) is 3.58. The predicted molar refractivity (Wildman–Crippen MR) is 18.0 cm³/mol. The van der Waals surface area contributed by atoms with Crippen LogP contribution < -0.4 is 0 Å². The monoisotopic (exact) mass is 334 g/mol. The summed E-state index contributed by atoms with van der Waals surface area (Å²) in [6.45, 7) is 0. The summed E-state index contributed by atoms with van der Waals surface area (Å²) in [7, 11) is 0. The summed E-state index contributed by atoms with van der Waals surface area (Å²) in [6, 6.07) is 0. The van der Waals surface area contributed by atoms with Crippen LogP contribution in [0.3, 0.4) is 0 Å². The van der Waals surface area contributed by atoms with Gasteiger partial charge < -0.3 is 16.5 Å². The van der Waals surface area contributed by atoms with E-state index in [0.29, 0.717) is 0 Å². The van der Waals surface area contributed by atoms with Gasteiger partial charge in [0.25, 0.3) is 0 Å². The Morgan fingerprint density at radius 1 is 1.67 bits per heavy atom. The normalized spacial score (nSPS) is 10.3. The fourth-order valence-electron chi connectivity index (χ4n) is 0. The molecule has 0 saturated carbocycles. The quantitative estimate of drug-likeness (QED) is 0.493. The van der Waals surface area contributed by atoms with E-state index in [9.17, 15) is 0 Å². The molecule has 0 aliphatic carbocycles. The first-order valence-corrected chi connectivity index (χ1v) is 1.55. The maximum Gasteiger partial charge on any atom is 2.00 e. The van der Waals surface area contributed by atoms with Gasteiger partial charge >= 0.3 is 31.1 Å². The van der Waals surface area contributed by atoms with Crippen LogP contribution in [0.1, 0.15) is 0 Å². The molecule has 6 heavy (non-hydrogen) atoms. The molecule has 0 fully saturated rings. The average molecular weight is 334 g/mol. The van der Waals surface area contributed by atoms with Crippen LogP contribution in [-0.4, -0.2) is 13.3 Å². The summed E-state index contributed by atoms with van der Waals surface area (Å²) in [5.41, 5.74) is 0. The van der Waals surface area contributed by atoms with E-state index in [1.165, 1.54) is 0 Å². The summed E-state index contributed by atoms with van der Waals surface area (Å²) in [5.74, 6) is 0. The van der Waals surface area contributed by atoms with Crippen molar-refractivity contribution in [3.05, 3.63) is 7.43 Å². The van der Waals surface area contributed by atoms with Crippen molar-refractivity contribution in [3.63, 3.8) is 0 Å². The Balaban J connectivity index is -0.0000000450. The van der Waals surface area contributed by atoms with E-state index < -0.39 is 11.4 Å². The molecule has 1 N–H and O–H groups in total. The van der Waals surface area contributed by atoms with Crippen LogP contribution in [0.15, 0.2) is 0 Å². The van der Waals surface area contributed by atoms with E-state index in [-0.39, 0.29) is 38.5 Å². The fraction of sp³-hybridized carbons (Fsp3) is 0. The van der Waals surface area contributed by atoms with Gasteiger partial charge in [0, 0.05) is 0 Å². The molecule has 36 valence electrons. The smallest absolute Gasteiger partial charge is 0.750 e. The SMILES string of the molecule is O=S([O-])O.[CH3-].[U+2]. The van der Waals surface area contributed by atoms with Gasteiger partial charge in [0.2, 0.25) is 0 Å². The van der Waals surface area contributed by atoms with Crippen molar-refractivity contribution in [1.29, 1.82) is 0 Å². The Bertz CT molecular complexity index is 33.8. The van der Waals surface area contributed by atoms with Crippen molar-refractivity contribution in [2.24, 2.45) is 0 Å². The Morgan fingerprint density at radius 2 is 1.67 bits per heavy atom. The molecule has 0 rings (SSSR count). The van der Waals surface area contributed by atoms with Crippen LogP contribution in [0.5, 0.6) is 0 Å². The first-order valence-electron chi connectivity index (χ1n) is 0.516. The number of rotatable bonds is 0. The van der Waals surface area contributed by atoms with Crippen molar-refractivity contribution in [2.45, 2.75) is 0 Å². The van der Waals surface area contributed by atoms with Crippen LogP contribution in [0.4, 0.5) is 0 Å². The van der Waals surface area contributed by atoms with E-state index in [4.69, 9.17) is 13.3 Å². The molecule has 0 aliphatic rings. The zero-order valence-corrected chi connectivity index (χ0v) is 8.15. The Hall–Kier alpha value is 1.12. The van der Waals surface area contributed by atoms with Crippen LogP contribution >= 0.6 is 0 Å². The van der Waals surface area contributed by atoms with Crippen molar-refractivity contribution >= 4 is 11.4 Å². The molecular formula is CH4O3SU. The Morgan fingerprint density at radius 3 is 1.67 bits per heavy atom. The summed E-state index contributed by atoms with van der Waals surface area (Å²) in [5, 5.41) is 0. The van der Waals surface area contributed by atoms with Crippen molar-refractivity contribution in [3.8, 4) is 0 Å². The largest absolute Gasteiger partial charge is 2.00 e. The predicted octanol–water partition coefficient (Wildman–Crippen LogP) is -0.211. The molecule has 5 heteroatoms. The summed E-state index contributed by atoms with van der Waals surface area (Å²) >= 11 is -2.86. The number of hydrogen-bond acceptors (Lipinski definition) is 2. The minimum atomic E-state index is -2.86. The molecule has 0 radical (unpaired) electrons. The van der Waals surface area contributed by atoms with Gasteiger partial charge in [-0.05, 0) is 0 Å². The molecule has 3 nitrogen and oxygen atoms in total. The third-order valence-electron chi connectivity index (χ3n) is 0. The molecule has 0 aromatic rings. The van der Waals surface area contributed by atoms with E-state index in [1.807, 2.05) is 0 Å². The van der Waals surface area contributed by atoms with Crippen LogP contribution in [0.2, 0.25) is 0 Å². The van der Waals surface area contributed by atoms with Crippen LogP contribution in [-0.2, 0) is 11.4 Å². The van der Waals surface area contributed by atoms with Crippen LogP contribution in [0.25, 0.3) is 0 Å². The molecule has 0 aromatic heterocycles. The molecule has 0 spiro atoms. The second-order valence-corrected chi connectivity index (χ2v) is 0.651. The molecule has 0 amide bonds. The van der Waals surface area contributed by atoms with Crippen molar-refractivity contribution in [2.75, 3.05) is 0 Å². The molecule has 0 bridgehead atoms. The topological polar surface area (TPSA) is 60.4 Å². The first-order chi connectivity index (χ1) is 1.73. The molecular weight excluding hydrogens is 330 g/mol. The Labute approximate surface area is 63.0 Å². The fourth-order valence-corrected chi connectivity index (χ4v) is 0. The van der Waals surface area contributed by atoms with E-state index in [0.717, 1.165) is 0 Å². The van der Waals surface area contributed by atoms with Gasteiger partial charge in [-0.25, -0.2) is 4.21 Å². The minimum absolute atomic E-state index is 0. The second kappa shape index (κ2) is 9.45. The minimum Gasteiger partial charge on any atom is -0.750 e. The average Bonchev–Trinajstić information content (AvgIpc) is 0.811. The van der Waals surface area contributed by atoms with E-state index in [2.05, 4.69) is 0 Å².